The fraction of sp³-hybridized carbons (Fsp3) is 0.318. The molecule has 4 heterocycles. The van der Waals surface area contributed by atoms with E-state index in [0.717, 1.165) is 52.1 Å². The van der Waals surface area contributed by atoms with Gasteiger partial charge in [-0.3, -0.25) is 9.78 Å². The van der Waals surface area contributed by atoms with Crippen molar-refractivity contribution in [1.29, 1.82) is 0 Å². The Morgan fingerprint density at radius 3 is 2.86 bits per heavy atom. The maximum atomic E-state index is 13.6. The monoisotopic (exact) mass is 471 g/mol. The lowest BCUT2D eigenvalue weighted by Crippen LogP contribution is -2.45. The molecule has 0 radical (unpaired) electrons. The predicted molar refractivity (Wildman–Crippen MR) is 115 cm³/mol. The van der Waals surface area contributed by atoms with Gasteiger partial charge >= 0.3 is 0 Å². The lowest BCUT2D eigenvalue weighted by atomic mass is 9.91. The summed E-state index contributed by atoms with van der Waals surface area (Å²) in [6, 6.07) is 8.68. The van der Waals surface area contributed by atoms with Crippen molar-refractivity contribution in [3.63, 3.8) is 0 Å². The van der Waals surface area contributed by atoms with Crippen LogP contribution in [0.1, 0.15) is 46.1 Å². The molecule has 4 nitrogen and oxygen atoms in total. The average Bonchev–Trinajstić information content (AvgIpc) is 3.18. The van der Waals surface area contributed by atoms with E-state index in [2.05, 4.69) is 20.9 Å². The van der Waals surface area contributed by atoms with Crippen LogP contribution in [0.3, 0.4) is 0 Å². The van der Waals surface area contributed by atoms with E-state index in [-0.39, 0.29) is 23.7 Å². The predicted octanol–water partition coefficient (Wildman–Crippen LogP) is 5.44. The van der Waals surface area contributed by atoms with E-state index in [9.17, 15) is 9.18 Å². The van der Waals surface area contributed by atoms with E-state index < -0.39 is 0 Å². The Labute approximate surface area is 180 Å². The summed E-state index contributed by atoms with van der Waals surface area (Å²) in [6.07, 6.45) is 5.39. The van der Waals surface area contributed by atoms with Crippen molar-refractivity contribution in [2.75, 3.05) is 6.54 Å². The van der Waals surface area contributed by atoms with Crippen molar-refractivity contribution in [3.05, 3.63) is 68.3 Å². The van der Waals surface area contributed by atoms with Crippen LogP contribution in [0.5, 0.6) is 0 Å². The van der Waals surface area contributed by atoms with Crippen molar-refractivity contribution < 1.29 is 9.18 Å². The van der Waals surface area contributed by atoms with Gasteiger partial charge in [0, 0.05) is 40.1 Å². The quantitative estimate of drug-likeness (QED) is 0.499. The maximum Gasteiger partial charge on any atom is 0.254 e. The summed E-state index contributed by atoms with van der Waals surface area (Å²) in [7, 11) is 0. The number of hydrogen-bond donors (Lipinski definition) is 0. The number of carbonyl (C=O) groups excluding carboxylic acids is 1. The molecule has 0 bridgehead atoms. The second-order valence-corrected chi connectivity index (χ2v) is 9.46. The van der Waals surface area contributed by atoms with E-state index in [1.807, 2.05) is 22.4 Å². The van der Waals surface area contributed by atoms with Gasteiger partial charge in [-0.1, -0.05) is 0 Å². The minimum atomic E-state index is -0.272. The van der Waals surface area contributed by atoms with Crippen molar-refractivity contribution in [3.8, 4) is 11.4 Å². The Hall–Kier alpha value is -2.12. The summed E-state index contributed by atoms with van der Waals surface area (Å²) in [5.74, 6) is -0.0175. The third-order valence-corrected chi connectivity index (χ3v) is 7.35. The molecule has 1 amide bonds. The molecule has 1 fully saturated rings. The van der Waals surface area contributed by atoms with Crippen LogP contribution in [0.2, 0.25) is 0 Å². The topological polar surface area (TPSA) is 46.1 Å². The van der Waals surface area contributed by atoms with Gasteiger partial charge in [0.15, 0.2) is 0 Å². The zero-order chi connectivity index (χ0) is 20.0. The third-order valence-electron chi connectivity index (χ3n) is 5.87. The average molecular weight is 472 g/mol. The first kappa shape index (κ1) is 18.9. The molecule has 7 heteroatoms. The van der Waals surface area contributed by atoms with E-state index in [1.54, 1.807) is 23.6 Å². The number of aryl methyl sites for hydroxylation is 1. The molecule has 2 aliphatic rings. The number of fused-ring (bicyclic) bond motifs is 2. The van der Waals surface area contributed by atoms with Crippen molar-refractivity contribution in [2.45, 2.75) is 37.6 Å². The van der Waals surface area contributed by atoms with Gasteiger partial charge in [0.05, 0.1) is 16.4 Å². The van der Waals surface area contributed by atoms with Crippen LogP contribution in [-0.4, -0.2) is 33.4 Å². The molecule has 148 valence electrons. The highest BCUT2D eigenvalue weighted by Gasteiger charge is 2.36. The van der Waals surface area contributed by atoms with Gasteiger partial charge < -0.3 is 4.90 Å². The summed E-state index contributed by atoms with van der Waals surface area (Å²) in [5, 5.41) is 3.10. The summed E-state index contributed by atoms with van der Waals surface area (Å²) in [6.45, 7) is 0.668. The van der Waals surface area contributed by atoms with E-state index in [1.165, 1.54) is 12.1 Å². The first-order valence-corrected chi connectivity index (χ1v) is 11.4. The van der Waals surface area contributed by atoms with Crippen LogP contribution >= 0.6 is 27.3 Å². The number of nitrogens with zero attached hydrogens (tertiary/aromatic N) is 3. The van der Waals surface area contributed by atoms with Crippen LogP contribution in [-0.2, 0) is 6.42 Å². The molecule has 0 N–H and O–H groups in total. The van der Waals surface area contributed by atoms with Gasteiger partial charge in [0.2, 0.25) is 0 Å². The zero-order valence-electron chi connectivity index (χ0n) is 15.6. The minimum absolute atomic E-state index is 0.0264. The van der Waals surface area contributed by atoms with Gasteiger partial charge in [-0.15, -0.1) is 11.3 Å². The molecule has 2 atom stereocenters. The molecule has 2 aliphatic heterocycles. The Morgan fingerprint density at radius 2 is 2.03 bits per heavy atom. The number of thiazole rings is 1. The zero-order valence-corrected chi connectivity index (χ0v) is 18.0. The van der Waals surface area contributed by atoms with Crippen molar-refractivity contribution in [2.24, 2.45) is 0 Å². The lowest BCUT2D eigenvalue weighted by Gasteiger charge is -2.38. The molecule has 0 saturated carbocycles. The summed E-state index contributed by atoms with van der Waals surface area (Å²) in [5.41, 5.74) is 3.21. The SMILES string of the molecule is O=C1c2ccc(F)cc2CC[C@@H]2CC[C@@H](c3nc(-c4ccc(Br)cn4)cs3)CN12. The van der Waals surface area contributed by atoms with Gasteiger partial charge in [0.25, 0.3) is 5.91 Å². The van der Waals surface area contributed by atoms with E-state index >= 15 is 0 Å². The molecule has 0 spiro atoms. The molecule has 3 aromatic rings. The molecular formula is C22H19BrFN3OS. The van der Waals surface area contributed by atoms with Crippen LogP contribution in [0.4, 0.5) is 4.39 Å². The van der Waals surface area contributed by atoms with Crippen LogP contribution in [0.15, 0.2) is 46.4 Å². The third kappa shape index (κ3) is 3.62. The van der Waals surface area contributed by atoms with Crippen LogP contribution in [0.25, 0.3) is 11.4 Å². The Morgan fingerprint density at radius 1 is 1.14 bits per heavy atom. The molecular weight excluding hydrogens is 453 g/mol. The van der Waals surface area contributed by atoms with Crippen molar-refractivity contribution in [1.82, 2.24) is 14.9 Å². The molecule has 0 unspecified atom stereocenters. The number of halogens is 2. The van der Waals surface area contributed by atoms with Crippen LogP contribution in [0, 0.1) is 5.82 Å². The number of amides is 1. The normalized spacial score (nSPS) is 21.4. The van der Waals surface area contributed by atoms with Gasteiger partial charge in [-0.25, -0.2) is 9.37 Å². The minimum Gasteiger partial charge on any atom is -0.335 e. The highest BCUT2D eigenvalue weighted by Crippen LogP contribution is 2.37. The maximum absolute atomic E-state index is 13.6. The summed E-state index contributed by atoms with van der Waals surface area (Å²) >= 11 is 5.05. The largest absolute Gasteiger partial charge is 0.335 e. The number of carbonyl (C=O) groups is 1. The van der Waals surface area contributed by atoms with Gasteiger partial charge in [0.1, 0.15) is 5.82 Å². The molecule has 0 aliphatic carbocycles. The van der Waals surface area contributed by atoms with Gasteiger partial charge in [-0.05, 0) is 77.5 Å². The number of piperidine rings is 1. The number of rotatable bonds is 2. The van der Waals surface area contributed by atoms with E-state index in [4.69, 9.17) is 4.98 Å². The number of pyridine rings is 1. The van der Waals surface area contributed by atoms with Crippen LogP contribution < -0.4 is 0 Å². The first-order chi connectivity index (χ1) is 14.1. The molecule has 2 aromatic heterocycles. The molecule has 29 heavy (non-hydrogen) atoms. The number of benzene rings is 1. The Balaban J connectivity index is 1.39. The second-order valence-electron chi connectivity index (χ2n) is 7.66. The lowest BCUT2D eigenvalue weighted by molar-refractivity contribution is 0.0588. The summed E-state index contributed by atoms with van der Waals surface area (Å²) < 4.78 is 14.6. The molecule has 1 aromatic carbocycles. The highest BCUT2D eigenvalue weighted by atomic mass is 79.9. The fourth-order valence-electron chi connectivity index (χ4n) is 4.35. The number of hydrogen-bond acceptors (Lipinski definition) is 4. The van der Waals surface area contributed by atoms with Gasteiger partial charge in [-0.2, -0.15) is 0 Å². The molecule has 1 saturated heterocycles. The first-order valence-electron chi connectivity index (χ1n) is 9.75. The summed E-state index contributed by atoms with van der Waals surface area (Å²) in [4.78, 5) is 24.4. The standard InChI is InChI=1S/C22H19BrFN3OS/c23-15-3-8-19(25-10-15)20-12-29-21(26-20)14-2-6-17-5-1-13-9-16(24)4-7-18(13)22(28)27(17)11-14/h3-4,7-10,12,14,17H,1-2,5-6,11H2/t14-,17-/m1/s1. The second kappa shape index (κ2) is 7.61. The smallest absolute Gasteiger partial charge is 0.254 e. The Bertz CT molecular complexity index is 1070. The fourth-order valence-corrected chi connectivity index (χ4v) is 5.53. The highest BCUT2D eigenvalue weighted by molar-refractivity contribution is 9.10. The van der Waals surface area contributed by atoms with Crippen molar-refractivity contribution >= 4 is 33.2 Å². The molecule has 5 rings (SSSR count). The Kier molecular flexibility index (Phi) is 4.95. The van der Waals surface area contributed by atoms with E-state index in [0.29, 0.717) is 12.1 Å². The number of aromatic nitrogens is 2.